The van der Waals surface area contributed by atoms with Gasteiger partial charge in [0.05, 0.1) is 0 Å². The molecule has 1 saturated heterocycles. The van der Waals surface area contributed by atoms with Crippen LogP contribution in [0.3, 0.4) is 0 Å². The smallest absolute Gasteiger partial charge is 0.366 e. The lowest BCUT2D eigenvalue weighted by Crippen LogP contribution is -2.24. The second-order valence-corrected chi connectivity index (χ2v) is 5.69. The van der Waals surface area contributed by atoms with Gasteiger partial charge < -0.3 is 16.0 Å². The van der Waals surface area contributed by atoms with Gasteiger partial charge in [-0.05, 0) is 37.1 Å². The van der Waals surface area contributed by atoms with Crippen LogP contribution < -0.4 is 16.0 Å². The van der Waals surface area contributed by atoms with Crippen LogP contribution in [0.4, 0.5) is 30.6 Å². The van der Waals surface area contributed by atoms with Crippen LogP contribution in [0.15, 0.2) is 30.5 Å². The highest BCUT2D eigenvalue weighted by Crippen LogP contribution is 2.36. The van der Waals surface area contributed by atoms with Gasteiger partial charge in [-0.1, -0.05) is 0 Å². The van der Waals surface area contributed by atoms with Gasteiger partial charge in [0.15, 0.2) is 0 Å². The van der Waals surface area contributed by atoms with E-state index in [4.69, 9.17) is 5.73 Å². The van der Waals surface area contributed by atoms with E-state index in [0.29, 0.717) is 24.3 Å². The number of halogens is 3. The fraction of sp³-hybridized carbons (Fsp3) is 0.312. The number of nitrogens with zero attached hydrogens (tertiary/aromatic N) is 3. The summed E-state index contributed by atoms with van der Waals surface area (Å²) in [6, 6.07) is 6.18. The van der Waals surface area contributed by atoms with Crippen molar-refractivity contribution < 1.29 is 18.0 Å². The molecule has 9 heteroatoms. The summed E-state index contributed by atoms with van der Waals surface area (Å²) in [5.74, 6) is -0.619. The van der Waals surface area contributed by atoms with Crippen LogP contribution in [0.1, 0.15) is 28.8 Å². The summed E-state index contributed by atoms with van der Waals surface area (Å²) in [4.78, 5) is 20.5. The van der Waals surface area contributed by atoms with Gasteiger partial charge in [-0.2, -0.15) is 18.2 Å². The molecule has 3 N–H and O–H groups in total. The van der Waals surface area contributed by atoms with E-state index in [1.807, 2.05) is 0 Å². The zero-order valence-electron chi connectivity index (χ0n) is 13.2. The van der Waals surface area contributed by atoms with Crippen molar-refractivity contribution in [3.63, 3.8) is 0 Å². The van der Waals surface area contributed by atoms with E-state index >= 15 is 0 Å². The second-order valence-electron chi connectivity index (χ2n) is 5.69. The molecule has 0 radical (unpaired) electrons. The highest BCUT2D eigenvalue weighted by atomic mass is 19.4. The predicted molar refractivity (Wildman–Crippen MR) is 86.7 cm³/mol. The molecule has 132 valence electrons. The van der Waals surface area contributed by atoms with Gasteiger partial charge in [0.1, 0.15) is 11.4 Å². The molecule has 6 nitrogen and oxygen atoms in total. The molecule has 0 saturated carbocycles. The summed E-state index contributed by atoms with van der Waals surface area (Å²) in [6.07, 6.45) is -2.06. The monoisotopic (exact) mass is 351 g/mol. The lowest BCUT2D eigenvalue weighted by Gasteiger charge is -2.21. The molecule has 1 aromatic carbocycles. The number of nitrogens with two attached hydrogens (primary N) is 1. The molecular weight excluding hydrogens is 335 g/mol. The number of carbonyl (C=O) groups excluding carboxylic acids is 1. The Balaban J connectivity index is 1.89. The van der Waals surface area contributed by atoms with E-state index in [1.54, 1.807) is 17.0 Å². The fourth-order valence-electron chi connectivity index (χ4n) is 2.65. The topological polar surface area (TPSA) is 84.1 Å². The maximum absolute atomic E-state index is 13.2. The molecule has 3 rings (SSSR count). The van der Waals surface area contributed by atoms with Crippen LogP contribution in [-0.2, 0) is 6.18 Å². The lowest BCUT2D eigenvalue weighted by atomic mass is 10.2. The number of hydrogen-bond donors (Lipinski definition) is 2. The van der Waals surface area contributed by atoms with E-state index in [1.165, 1.54) is 12.1 Å². The Hall–Kier alpha value is -2.84. The number of nitrogens with one attached hydrogen (secondary N) is 1. The Bertz CT molecular complexity index is 770. The van der Waals surface area contributed by atoms with E-state index in [0.717, 1.165) is 19.0 Å². The van der Waals surface area contributed by atoms with Gasteiger partial charge in [-0.3, -0.25) is 4.79 Å². The third-order valence-electron chi connectivity index (χ3n) is 3.91. The Labute approximate surface area is 141 Å². The minimum atomic E-state index is -4.51. The van der Waals surface area contributed by atoms with E-state index < -0.39 is 17.6 Å². The molecule has 0 bridgehead atoms. The number of rotatable bonds is 4. The summed E-state index contributed by atoms with van der Waals surface area (Å²) in [7, 11) is 0. The maximum Gasteiger partial charge on any atom is 0.421 e. The van der Waals surface area contributed by atoms with Crippen molar-refractivity contribution in [2.75, 3.05) is 23.3 Å². The van der Waals surface area contributed by atoms with Crippen LogP contribution in [0.5, 0.6) is 0 Å². The average Bonchev–Trinajstić information content (AvgIpc) is 3.08. The molecule has 2 aromatic rings. The summed E-state index contributed by atoms with van der Waals surface area (Å²) in [5.41, 5.74) is 5.19. The van der Waals surface area contributed by atoms with Crippen LogP contribution >= 0.6 is 0 Å². The zero-order valence-corrected chi connectivity index (χ0v) is 13.2. The van der Waals surface area contributed by atoms with Crippen LogP contribution in [-0.4, -0.2) is 29.0 Å². The number of primary amides is 1. The molecule has 25 heavy (non-hydrogen) atoms. The third-order valence-corrected chi connectivity index (χ3v) is 3.91. The molecular formula is C16H16F3N5O. The van der Waals surface area contributed by atoms with Gasteiger partial charge in [0.25, 0.3) is 0 Å². The number of benzene rings is 1. The first-order valence-corrected chi connectivity index (χ1v) is 7.70. The maximum atomic E-state index is 13.2. The Morgan fingerprint density at radius 3 is 2.36 bits per heavy atom. The Morgan fingerprint density at radius 2 is 1.80 bits per heavy atom. The van der Waals surface area contributed by atoms with Crippen LogP contribution in [0.2, 0.25) is 0 Å². The molecule has 1 aliphatic rings. The Kier molecular flexibility index (Phi) is 4.47. The molecule has 1 aliphatic heterocycles. The second kappa shape index (κ2) is 6.58. The van der Waals surface area contributed by atoms with Crippen molar-refractivity contribution >= 4 is 23.4 Å². The van der Waals surface area contributed by atoms with Gasteiger partial charge in [-0.15, -0.1) is 0 Å². The third kappa shape index (κ3) is 3.81. The van der Waals surface area contributed by atoms with E-state index in [-0.39, 0.29) is 11.8 Å². The van der Waals surface area contributed by atoms with Crippen LogP contribution in [0.25, 0.3) is 0 Å². The minimum absolute atomic E-state index is 0.0572. The van der Waals surface area contributed by atoms with Gasteiger partial charge in [-0.25, -0.2) is 4.98 Å². The highest BCUT2D eigenvalue weighted by molar-refractivity contribution is 5.93. The minimum Gasteiger partial charge on any atom is -0.366 e. The van der Waals surface area contributed by atoms with Crippen molar-refractivity contribution in [2.24, 2.45) is 5.73 Å². The molecule has 0 spiro atoms. The molecule has 0 unspecified atom stereocenters. The molecule has 0 atom stereocenters. The molecule has 1 aromatic heterocycles. The lowest BCUT2D eigenvalue weighted by molar-refractivity contribution is -0.137. The number of alkyl halides is 3. The summed E-state index contributed by atoms with van der Waals surface area (Å²) in [5, 5.41) is 2.84. The standard InChI is InChI=1S/C16H16F3N5O/c17-16(18,19)12-9-21-15(23-14(12)24-7-1-2-8-24)22-11-5-3-10(4-6-11)13(20)25/h3-6,9H,1-2,7-8H2,(H2,20,25)(H,21,22,23). The fourth-order valence-corrected chi connectivity index (χ4v) is 2.65. The number of aromatic nitrogens is 2. The number of carbonyl (C=O) groups is 1. The molecule has 1 fully saturated rings. The SMILES string of the molecule is NC(=O)c1ccc(Nc2ncc(C(F)(F)F)c(N3CCCC3)n2)cc1. The van der Waals surface area contributed by atoms with Crippen molar-refractivity contribution in [1.29, 1.82) is 0 Å². The van der Waals surface area contributed by atoms with Crippen molar-refractivity contribution in [1.82, 2.24) is 9.97 Å². The van der Waals surface area contributed by atoms with Crippen LogP contribution in [0, 0.1) is 0 Å². The molecule has 1 amide bonds. The Morgan fingerprint density at radius 1 is 1.16 bits per heavy atom. The first kappa shape index (κ1) is 17.0. The number of amides is 1. The van der Waals surface area contributed by atoms with Crippen molar-refractivity contribution in [2.45, 2.75) is 19.0 Å². The van der Waals surface area contributed by atoms with Crippen molar-refractivity contribution in [3.8, 4) is 0 Å². The zero-order chi connectivity index (χ0) is 18.0. The van der Waals surface area contributed by atoms with E-state index in [2.05, 4.69) is 15.3 Å². The first-order valence-electron chi connectivity index (χ1n) is 7.70. The van der Waals surface area contributed by atoms with Crippen molar-refractivity contribution in [3.05, 3.63) is 41.6 Å². The summed E-state index contributed by atoms with van der Waals surface area (Å²) >= 11 is 0. The number of hydrogen-bond acceptors (Lipinski definition) is 5. The van der Waals surface area contributed by atoms with E-state index in [9.17, 15) is 18.0 Å². The quantitative estimate of drug-likeness (QED) is 0.885. The normalized spacial score (nSPS) is 14.6. The predicted octanol–water partition coefficient (Wildman–Crippen LogP) is 2.94. The molecule has 2 heterocycles. The summed E-state index contributed by atoms with van der Waals surface area (Å²) in [6.45, 7) is 1.07. The van der Waals surface area contributed by atoms with Gasteiger partial charge >= 0.3 is 6.18 Å². The average molecular weight is 351 g/mol. The summed E-state index contributed by atoms with van der Waals surface area (Å²) < 4.78 is 39.6. The molecule has 0 aliphatic carbocycles. The van der Waals surface area contributed by atoms with Gasteiger partial charge in [0, 0.05) is 30.5 Å². The number of anilines is 3. The largest absolute Gasteiger partial charge is 0.421 e. The van der Waals surface area contributed by atoms with Gasteiger partial charge in [0.2, 0.25) is 11.9 Å². The first-order chi connectivity index (χ1) is 11.8. The highest BCUT2D eigenvalue weighted by Gasteiger charge is 2.37.